The minimum Gasteiger partial charge on any atom is -0.357 e. The van der Waals surface area contributed by atoms with E-state index in [1.807, 2.05) is 0 Å². The highest BCUT2D eigenvalue weighted by Crippen LogP contribution is 2.35. The number of nitrogens with zero attached hydrogens (tertiary/aromatic N) is 2. The van der Waals surface area contributed by atoms with Crippen LogP contribution in [0.2, 0.25) is 0 Å². The fourth-order valence-electron chi connectivity index (χ4n) is 2.08. The van der Waals surface area contributed by atoms with Crippen LogP contribution >= 0.6 is 0 Å². The molecule has 0 saturated carbocycles. The van der Waals surface area contributed by atoms with E-state index in [0.29, 0.717) is 16.9 Å². The van der Waals surface area contributed by atoms with Crippen molar-refractivity contribution in [1.82, 2.24) is 0 Å². The molecule has 108 valence electrons. The molecule has 0 amide bonds. The summed E-state index contributed by atoms with van der Waals surface area (Å²) in [7, 11) is 4.69. The molecular weight excluding hydrogens is 264 g/mol. The molecule has 1 heterocycles. The Bertz CT molecular complexity index is 547. The lowest BCUT2D eigenvalue weighted by Gasteiger charge is -2.34. The van der Waals surface area contributed by atoms with E-state index in [4.69, 9.17) is 9.47 Å². The summed E-state index contributed by atoms with van der Waals surface area (Å²) >= 11 is 0. The molecule has 1 aromatic carbocycles. The number of methoxy groups -OCH3 is 2. The van der Waals surface area contributed by atoms with E-state index >= 15 is 0 Å². The Hall–Kier alpha value is -2.19. The van der Waals surface area contributed by atoms with E-state index in [1.165, 1.54) is 19.2 Å². The molecule has 0 spiro atoms. The van der Waals surface area contributed by atoms with E-state index < -0.39 is 17.4 Å². The van der Waals surface area contributed by atoms with Crippen LogP contribution in [0, 0.1) is 10.1 Å². The second-order valence-corrected chi connectivity index (χ2v) is 4.20. The van der Waals surface area contributed by atoms with Gasteiger partial charge in [0.05, 0.1) is 16.3 Å². The normalized spacial score (nSPS) is 21.1. The van der Waals surface area contributed by atoms with Crippen LogP contribution in [0.3, 0.4) is 0 Å². The highest BCUT2D eigenvalue weighted by atomic mass is 16.6. The van der Waals surface area contributed by atoms with Crippen LogP contribution in [0.15, 0.2) is 17.1 Å². The van der Waals surface area contributed by atoms with Crippen molar-refractivity contribution in [2.24, 2.45) is 4.99 Å². The molecule has 1 aliphatic heterocycles. The number of rotatable bonds is 4. The van der Waals surface area contributed by atoms with Gasteiger partial charge in [0, 0.05) is 45.2 Å². The van der Waals surface area contributed by atoms with Crippen molar-refractivity contribution in [3.8, 4) is 0 Å². The number of non-ortho nitro benzene ring substituents is 1. The van der Waals surface area contributed by atoms with Gasteiger partial charge in [-0.05, 0) is 0 Å². The van der Waals surface area contributed by atoms with Crippen LogP contribution < -0.4 is 10.6 Å². The van der Waals surface area contributed by atoms with Gasteiger partial charge in [-0.3, -0.25) is 15.1 Å². The van der Waals surface area contributed by atoms with E-state index in [9.17, 15) is 10.1 Å². The predicted molar refractivity (Wildman–Crippen MR) is 75.5 cm³/mol. The van der Waals surface area contributed by atoms with Crippen molar-refractivity contribution < 1.29 is 14.4 Å². The molecule has 0 radical (unpaired) electrons. The number of nitrogens with one attached hydrogen (secondary N) is 2. The number of hydrogen-bond donors (Lipinski definition) is 2. The quantitative estimate of drug-likeness (QED) is 0.492. The van der Waals surface area contributed by atoms with Gasteiger partial charge in [-0.2, -0.15) is 0 Å². The first kappa shape index (κ1) is 14.2. The second-order valence-electron chi connectivity index (χ2n) is 4.20. The van der Waals surface area contributed by atoms with Crippen molar-refractivity contribution in [2.45, 2.75) is 12.5 Å². The number of hydrogen-bond acceptors (Lipinski definition) is 7. The fourth-order valence-corrected chi connectivity index (χ4v) is 2.08. The molecule has 2 unspecified atom stereocenters. The number of ether oxygens (including phenoxy) is 2. The van der Waals surface area contributed by atoms with Crippen LogP contribution in [-0.2, 0) is 9.47 Å². The summed E-state index contributed by atoms with van der Waals surface area (Å²) in [5.74, 6) is 0. The Balaban J connectivity index is 2.51. The molecule has 0 aromatic heterocycles. The monoisotopic (exact) mass is 280 g/mol. The van der Waals surface area contributed by atoms with Crippen molar-refractivity contribution >= 4 is 23.3 Å². The molecule has 0 saturated heterocycles. The van der Waals surface area contributed by atoms with E-state index in [2.05, 4.69) is 15.6 Å². The van der Waals surface area contributed by atoms with Gasteiger partial charge in [-0.15, -0.1) is 0 Å². The Morgan fingerprint density at radius 2 is 1.95 bits per heavy atom. The number of aliphatic imine (C=N–C) groups is 1. The number of fused-ring (bicyclic) bond motifs is 1. The number of benzene rings is 1. The van der Waals surface area contributed by atoms with Gasteiger partial charge in [0.1, 0.15) is 0 Å². The zero-order valence-electron chi connectivity index (χ0n) is 11.4. The van der Waals surface area contributed by atoms with Crippen molar-refractivity contribution in [3.05, 3.63) is 27.8 Å². The zero-order chi connectivity index (χ0) is 14.7. The summed E-state index contributed by atoms with van der Waals surface area (Å²) in [6, 6.07) is 2.91. The maximum atomic E-state index is 11.0. The molecular formula is C12H16N4O4. The molecule has 2 atom stereocenters. The van der Waals surface area contributed by atoms with Crippen LogP contribution in [-0.4, -0.2) is 44.9 Å². The standard InChI is InChI=1S/C12H16N4O4/c1-13-6-7-4-8(16(17)18)5-9-10(7)15-12(20-3)11(14-9)19-2/h4-6,11-12,14-15H,1-3H3. The fraction of sp³-hybridized carbons (Fsp3) is 0.417. The smallest absolute Gasteiger partial charge is 0.272 e. The van der Waals surface area contributed by atoms with Gasteiger partial charge in [0.15, 0.2) is 12.5 Å². The molecule has 8 nitrogen and oxygen atoms in total. The number of anilines is 2. The largest absolute Gasteiger partial charge is 0.357 e. The zero-order valence-corrected chi connectivity index (χ0v) is 11.4. The molecule has 0 aliphatic carbocycles. The van der Waals surface area contributed by atoms with Gasteiger partial charge in [0.2, 0.25) is 0 Å². The second kappa shape index (κ2) is 5.85. The predicted octanol–water partition coefficient (Wildman–Crippen LogP) is 1.43. The third kappa shape index (κ3) is 2.56. The first-order valence-corrected chi connectivity index (χ1v) is 5.94. The topological polar surface area (TPSA) is 98.0 Å². The molecule has 0 bridgehead atoms. The van der Waals surface area contributed by atoms with Gasteiger partial charge in [0.25, 0.3) is 5.69 Å². The van der Waals surface area contributed by atoms with E-state index in [1.54, 1.807) is 20.4 Å². The number of nitro benzene ring substituents is 1. The van der Waals surface area contributed by atoms with Crippen LogP contribution in [0.4, 0.5) is 17.1 Å². The minimum absolute atomic E-state index is 0.0151. The molecule has 20 heavy (non-hydrogen) atoms. The third-order valence-electron chi connectivity index (χ3n) is 3.00. The van der Waals surface area contributed by atoms with E-state index in [0.717, 1.165) is 0 Å². The first-order valence-electron chi connectivity index (χ1n) is 5.94. The lowest BCUT2D eigenvalue weighted by atomic mass is 10.1. The lowest BCUT2D eigenvalue weighted by molar-refractivity contribution is -0.384. The van der Waals surface area contributed by atoms with Crippen molar-refractivity contribution in [1.29, 1.82) is 0 Å². The number of nitro groups is 1. The summed E-state index contributed by atoms with van der Waals surface area (Å²) in [5.41, 5.74) is 1.87. The highest BCUT2D eigenvalue weighted by Gasteiger charge is 2.30. The van der Waals surface area contributed by atoms with Crippen LogP contribution in [0.1, 0.15) is 5.56 Å². The molecule has 8 heteroatoms. The van der Waals surface area contributed by atoms with Crippen molar-refractivity contribution in [3.63, 3.8) is 0 Å². The molecule has 1 aromatic rings. The maximum absolute atomic E-state index is 11.0. The highest BCUT2D eigenvalue weighted by molar-refractivity contribution is 5.95. The summed E-state index contributed by atoms with van der Waals surface area (Å²) in [6.45, 7) is 0. The molecule has 2 rings (SSSR count). The SMILES string of the molecule is CN=Cc1cc([N+](=O)[O-])cc2c1NC(OC)C(OC)N2. The molecule has 2 N–H and O–H groups in total. The Morgan fingerprint density at radius 3 is 2.50 bits per heavy atom. The van der Waals surface area contributed by atoms with E-state index in [-0.39, 0.29) is 5.69 Å². The van der Waals surface area contributed by atoms with Crippen molar-refractivity contribution in [2.75, 3.05) is 31.9 Å². The van der Waals surface area contributed by atoms with Gasteiger partial charge < -0.3 is 20.1 Å². The minimum atomic E-state index is -0.445. The molecule has 1 aliphatic rings. The van der Waals surface area contributed by atoms with Gasteiger partial charge in [-0.25, -0.2) is 0 Å². The average Bonchev–Trinajstić information content (AvgIpc) is 2.45. The van der Waals surface area contributed by atoms with Crippen LogP contribution in [0.5, 0.6) is 0 Å². The summed E-state index contributed by atoms with van der Waals surface area (Å²) in [5, 5.41) is 17.2. The first-order chi connectivity index (χ1) is 9.60. The Morgan fingerprint density at radius 1 is 1.30 bits per heavy atom. The maximum Gasteiger partial charge on any atom is 0.272 e. The van der Waals surface area contributed by atoms with Crippen LogP contribution in [0.25, 0.3) is 0 Å². The average molecular weight is 280 g/mol. The summed E-state index contributed by atoms with van der Waals surface area (Å²) in [4.78, 5) is 14.4. The Kier molecular flexibility index (Phi) is 4.16. The lowest BCUT2D eigenvalue weighted by Crippen LogP contribution is -2.45. The van der Waals surface area contributed by atoms with Gasteiger partial charge >= 0.3 is 0 Å². The Labute approximate surface area is 115 Å². The van der Waals surface area contributed by atoms with Gasteiger partial charge in [-0.1, -0.05) is 0 Å². The third-order valence-corrected chi connectivity index (χ3v) is 3.00. The molecule has 0 fully saturated rings. The summed E-state index contributed by atoms with van der Waals surface area (Å²) in [6.07, 6.45) is 0.708. The summed E-state index contributed by atoms with van der Waals surface area (Å²) < 4.78 is 10.5.